The van der Waals surface area contributed by atoms with E-state index in [1.54, 1.807) is 14.0 Å². The van der Waals surface area contributed by atoms with E-state index in [2.05, 4.69) is 12.2 Å². The Morgan fingerprint density at radius 3 is 2.07 bits per heavy atom. The summed E-state index contributed by atoms with van der Waals surface area (Å²) in [5.74, 6) is 0.373. The molecule has 0 amide bonds. The summed E-state index contributed by atoms with van der Waals surface area (Å²) in [6.45, 7) is 10.8. The van der Waals surface area contributed by atoms with Gasteiger partial charge >= 0.3 is 0 Å². The molecule has 1 aromatic carbocycles. The smallest absolute Gasteiger partial charge is 0.249 e. The second kappa shape index (κ2) is 21.3. The Morgan fingerprint density at radius 1 is 1.11 bits per heavy atom. The average Bonchev–Trinajstić information content (AvgIpc) is 2.69. The average molecular weight is 629 g/mol. The van der Waals surface area contributed by atoms with Crippen LogP contribution in [0.4, 0.5) is 0 Å². The molecule has 0 aliphatic heterocycles. The third kappa shape index (κ3) is 14.6. The molecule has 0 aromatic heterocycles. The number of phenolic OH excluding ortho intramolecular Hbond substituents is 1. The van der Waals surface area contributed by atoms with Crippen molar-refractivity contribution < 1.29 is 65.7 Å². The molecule has 164 valence electrons. The van der Waals surface area contributed by atoms with Crippen LogP contribution in [0.2, 0.25) is 0 Å². The molecule has 4 atom stereocenters. The van der Waals surface area contributed by atoms with Gasteiger partial charge in [0, 0.05) is 37.7 Å². The van der Waals surface area contributed by atoms with E-state index in [0.717, 1.165) is 0 Å². The molecule has 0 spiro atoms. The molecular formula is C19H36NO7U-. The van der Waals surface area contributed by atoms with E-state index in [-0.39, 0.29) is 43.5 Å². The fourth-order valence-electron chi connectivity index (χ4n) is 1.67. The van der Waals surface area contributed by atoms with Gasteiger partial charge in [-0.3, -0.25) is 0 Å². The molecule has 0 aliphatic rings. The maximum atomic E-state index is 10.1. The minimum absolute atomic E-state index is 0. The van der Waals surface area contributed by atoms with Crippen LogP contribution in [0, 0.1) is 38.0 Å². The number of aliphatic hydroxyl groups excluding tert-OH is 3. The topological polar surface area (TPSA) is 121 Å². The van der Waals surface area contributed by atoms with Gasteiger partial charge in [-0.1, -0.05) is 13.8 Å². The van der Waals surface area contributed by atoms with Gasteiger partial charge in [0.25, 0.3) is 0 Å². The minimum atomic E-state index is -1.48. The first-order valence-electron chi connectivity index (χ1n) is 9.03. The number of phenols is 1. The van der Waals surface area contributed by atoms with Crippen LogP contribution in [0.5, 0.6) is 11.5 Å². The monoisotopic (exact) mass is 628 g/mol. The van der Waals surface area contributed by atoms with E-state index < -0.39 is 31.4 Å². The second-order valence-corrected chi connectivity index (χ2v) is 4.94. The number of aromatic hydroxyl groups is 1. The van der Waals surface area contributed by atoms with Crippen molar-refractivity contribution in [2.75, 3.05) is 26.8 Å². The quantitative estimate of drug-likeness (QED) is 0.141. The Hall–Kier alpha value is -0.368. The Morgan fingerprint density at radius 2 is 1.64 bits per heavy atom. The maximum Gasteiger partial charge on any atom is 0.249 e. The molecule has 0 saturated heterocycles. The first kappa shape index (κ1) is 32.3. The molecular weight excluding hydrogens is 592 g/mol. The summed E-state index contributed by atoms with van der Waals surface area (Å²) in [5.41, 5.74) is 0. The van der Waals surface area contributed by atoms with Crippen LogP contribution in [0.15, 0.2) is 24.3 Å². The van der Waals surface area contributed by atoms with E-state index in [1.807, 2.05) is 13.8 Å². The van der Waals surface area contributed by atoms with E-state index in [0.29, 0.717) is 12.3 Å². The van der Waals surface area contributed by atoms with Crippen molar-refractivity contribution in [1.82, 2.24) is 5.32 Å². The number of nitrogens with one attached hydrogen (secondary N) is 1. The summed E-state index contributed by atoms with van der Waals surface area (Å²) >= 11 is 0. The Labute approximate surface area is 192 Å². The Kier molecular flexibility index (Phi) is 24.6. The van der Waals surface area contributed by atoms with Gasteiger partial charge < -0.3 is 46.9 Å². The zero-order valence-electron chi connectivity index (χ0n) is 17.5. The van der Waals surface area contributed by atoms with Crippen LogP contribution in [0.3, 0.4) is 0 Å². The predicted octanol–water partition coefficient (Wildman–Crippen LogP) is 1.28. The number of hydrogen-bond donors (Lipinski definition) is 5. The summed E-state index contributed by atoms with van der Waals surface area (Å²) in [5, 5.41) is 41.0. The van der Waals surface area contributed by atoms with Gasteiger partial charge in [0.2, 0.25) is 12.6 Å². The molecule has 0 radical (unpaired) electrons. The summed E-state index contributed by atoms with van der Waals surface area (Å²) < 4.78 is 16.1. The Bertz CT molecular complexity index is 435. The predicted molar refractivity (Wildman–Crippen MR) is 104 cm³/mol. The maximum absolute atomic E-state index is 10.1. The van der Waals surface area contributed by atoms with Crippen LogP contribution >= 0.6 is 0 Å². The second-order valence-electron chi connectivity index (χ2n) is 4.94. The number of hydrogen-bond acceptors (Lipinski definition) is 8. The van der Waals surface area contributed by atoms with Gasteiger partial charge in [-0.2, -0.15) is 6.92 Å². The number of benzene rings is 1. The molecule has 0 bridgehead atoms. The first-order chi connectivity index (χ1) is 13.0. The van der Waals surface area contributed by atoms with Gasteiger partial charge in [-0.15, -0.1) is 0 Å². The number of aliphatic hydroxyl groups is 3. The summed E-state index contributed by atoms with van der Waals surface area (Å²) in [4.78, 5) is 0. The molecule has 8 nitrogen and oxygen atoms in total. The SMILES string of the molecule is CC.CNCCOC(OC(CO)C(C)O)[C@@H](O)Oc1ccc(O)cc1.[CH2-]C.[U]. The van der Waals surface area contributed by atoms with E-state index in [4.69, 9.17) is 14.2 Å². The van der Waals surface area contributed by atoms with Crippen molar-refractivity contribution in [3.63, 3.8) is 0 Å². The van der Waals surface area contributed by atoms with Crippen molar-refractivity contribution in [1.29, 1.82) is 0 Å². The Balaban J connectivity index is -0.00000117. The number of rotatable bonds is 11. The van der Waals surface area contributed by atoms with Crippen molar-refractivity contribution >= 4 is 0 Å². The standard InChI is InChI=1S/C15H25NO7.C2H6.C2H5.U/c1-10(18)13(9-17)23-15(21-8-7-16-2)14(20)22-12-5-3-11(19)4-6-12;2*1-2;/h3-6,10,13-20H,7-9H2,1-2H3;1-2H3;1H2,2H3;/q;;-1;/t10?,13?,14-,15?;;;/m0.../s1. The molecule has 0 saturated carbocycles. The van der Waals surface area contributed by atoms with Gasteiger partial charge in [-0.25, -0.2) is 0 Å². The molecule has 1 aromatic rings. The fraction of sp³-hybridized carbons (Fsp3) is 0.632. The van der Waals surface area contributed by atoms with Crippen molar-refractivity contribution in [2.24, 2.45) is 0 Å². The van der Waals surface area contributed by atoms with E-state index >= 15 is 0 Å². The van der Waals surface area contributed by atoms with E-state index in [9.17, 15) is 20.4 Å². The number of likely N-dealkylation sites (N-methyl/N-ethyl adjacent to an activating group) is 1. The summed E-state index contributed by atoms with van der Waals surface area (Å²) in [6, 6.07) is 5.76. The first-order valence-corrected chi connectivity index (χ1v) is 9.03. The summed E-state index contributed by atoms with van der Waals surface area (Å²) in [6.07, 6.45) is -4.56. The van der Waals surface area contributed by atoms with Crippen molar-refractivity contribution in [2.45, 2.75) is 52.5 Å². The zero-order chi connectivity index (χ0) is 21.2. The van der Waals surface area contributed by atoms with Crippen LogP contribution in [-0.2, 0) is 9.47 Å². The molecule has 28 heavy (non-hydrogen) atoms. The van der Waals surface area contributed by atoms with Crippen LogP contribution in [-0.4, -0.2) is 72.0 Å². The number of ether oxygens (including phenoxy) is 3. The van der Waals surface area contributed by atoms with Gasteiger partial charge in [-0.05, 0) is 38.2 Å². The van der Waals surface area contributed by atoms with Crippen LogP contribution in [0.25, 0.3) is 0 Å². The molecule has 5 N–H and O–H groups in total. The summed E-state index contributed by atoms with van der Waals surface area (Å²) in [7, 11) is 1.74. The van der Waals surface area contributed by atoms with Crippen molar-refractivity contribution in [3.8, 4) is 11.5 Å². The fourth-order valence-corrected chi connectivity index (χ4v) is 1.67. The third-order valence-electron chi connectivity index (χ3n) is 2.99. The molecule has 0 aliphatic carbocycles. The van der Waals surface area contributed by atoms with Gasteiger partial charge in [0.1, 0.15) is 17.6 Å². The third-order valence-corrected chi connectivity index (χ3v) is 2.99. The van der Waals surface area contributed by atoms with Gasteiger partial charge in [0.05, 0.1) is 19.3 Å². The van der Waals surface area contributed by atoms with Gasteiger partial charge in [0.15, 0.2) is 0 Å². The van der Waals surface area contributed by atoms with E-state index in [1.165, 1.54) is 31.2 Å². The molecule has 0 fully saturated rings. The minimum Gasteiger partial charge on any atom is -0.508 e. The van der Waals surface area contributed by atoms with Crippen LogP contribution < -0.4 is 10.1 Å². The largest absolute Gasteiger partial charge is 0.508 e. The normalized spacial score (nSPS) is 14.0. The zero-order valence-corrected chi connectivity index (χ0v) is 21.6. The van der Waals surface area contributed by atoms with Crippen molar-refractivity contribution in [3.05, 3.63) is 31.2 Å². The molecule has 9 heteroatoms. The molecule has 3 unspecified atom stereocenters. The molecule has 0 heterocycles. The van der Waals surface area contributed by atoms with Crippen LogP contribution in [0.1, 0.15) is 27.7 Å². The molecule has 1 rings (SSSR count).